The Kier molecular flexibility index (Phi) is 8.58. The van der Waals surface area contributed by atoms with Crippen molar-refractivity contribution in [3.8, 4) is 0 Å². The SMILES string of the molecule is CCOCCn1c(CN2CCN(CCNC(=S)Nc3cnccc3N)CC2)nc2cccnc21. The minimum atomic E-state index is 0.554. The standard InChI is InChI=1S/C23H33N9OS/c1-2-33-15-14-32-21(28-19-4-3-6-26-22(19)32)17-31-12-10-30(11-13-31)9-8-27-23(34)29-20-16-25-7-5-18(20)24/h3-7,16H,2,8-15,17H2,1H3,(H2,24,25)(H2,27,29,34). The van der Waals surface area contributed by atoms with Crippen LogP contribution < -0.4 is 16.4 Å². The topological polar surface area (TPSA) is 109 Å². The van der Waals surface area contributed by atoms with Crippen LogP contribution >= 0.6 is 12.2 Å². The summed E-state index contributed by atoms with van der Waals surface area (Å²) >= 11 is 5.38. The van der Waals surface area contributed by atoms with Crippen molar-refractivity contribution >= 4 is 39.9 Å². The van der Waals surface area contributed by atoms with E-state index >= 15 is 0 Å². The summed E-state index contributed by atoms with van der Waals surface area (Å²) in [6, 6.07) is 5.70. The molecule has 4 N–H and O–H groups in total. The van der Waals surface area contributed by atoms with E-state index in [-0.39, 0.29) is 0 Å². The number of rotatable bonds is 10. The van der Waals surface area contributed by atoms with Gasteiger partial charge in [0.15, 0.2) is 10.8 Å². The Hall–Kier alpha value is -2.86. The monoisotopic (exact) mass is 483 g/mol. The molecule has 0 aliphatic carbocycles. The molecule has 0 bridgehead atoms. The maximum Gasteiger partial charge on any atom is 0.170 e. The van der Waals surface area contributed by atoms with Crippen LogP contribution in [0, 0.1) is 0 Å². The highest BCUT2D eigenvalue weighted by Gasteiger charge is 2.20. The molecule has 0 radical (unpaired) electrons. The van der Waals surface area contributed by atoms with E-state index in [1.54, 1.807) is 18.5 Å². The first-order chi connectivity index (χ1) is 16.6. The first-order valence-corrected chi connectivity index (χ1v) is 12.1. The fourth-order valence-electron chi connectivity index (χ4n) is 4.04. The third kappa shape index (κ3) is 6.38. The highest BCUT2D eigenvalue weighted by Crippen LogP contribution is 2.17. The summed E-state index contributed by atoms with van der Waals surface area (Å²) in [6.07, 6.45) is 5.15. The van der Waals surface area contributed by atoms with Crippen LogP contribution in [0.3, 0.4) is 0 Å². The molecule has 1 aliphatic heterocycles. The van der Waals surface area contributed by atoms with Crippen molar-refractivity contribution in [1.29, 1.82) is 0 Å². The van der Waals surface area contributed by atoms with Crippen LogP contribution in [0.15, 0.2) is 36.8 Å². The van der Waals surface area contributed by atoms with Crippen molar-refractivity contribution < 1.29 is 4.74 Å². The van der Waals surface area contributed by atoms with Crippen molar-refractivity contribution in [2.45, 2.75) is 20.0 Å². The van der Waals surface area contributed by atoms with E-state index in [2.05, 4.69) is 35.0 Å². The number of aromatic nitrogens is 4. The quantitative estimate of drug-likeness (QED) is 0.290. The van der Waals surface area contributed by atoms with E-state index in [9.17, 15) is 0 Å². The second-order valence-electron chi connectivity index (χ2n) is 8.18. The number of hydrogen-bond donors (Lipinski definition) is 3. The summed E-state index contributed by atoms with van der Waals surface area (Å²) in [4.78, 5) is 18.4. The van der Waals surface area contributed by atoms with Crippen LogP contribution in [0.5, 0.6) is 0 Å². The minimum absolute atomic E-state index is 0.554. The number of imidazole rings is 1. The minimum Gasteiger partial charge on any atom is -0.397 e. The van der Waals surface area contributed by atoms with Gasteiger partial charge in [0, 0.05) is 64.8 Å². The van der Waals surface area contributed by atoms with E-state index in [1.807, 2.05) is 25.3 Å². The Labute approximate surface area is 205 Å². The number of thiocarbonyl (C=S) groups is 1. The second kappa shape index (κ2) is 12.0. The molecule has 3 aromatic rings. The lowest BCUT2D eigenvalue weighted by Gasteiger charge is -2.34. The molecule has 4 rings (SSSR count). The fraction of sp³-hybridized carbons (Fsp3) is 0.478. The molecule has 0 amide bonds. The van der Waals surface area contributed by atoms with Gasteiger partial charge in [0.2, 0.25) is 0 Å². The van der Waals surface area contributed by atoms with Gasteiger partial charge < -0.3 is 25.7 Å². The molecule has 34 heavy (non-hydrogen) atoms. The van der Waals surface area contributed by atoms with Crippen LogP contribution in [-0.2, 0) is 17.8 Å². The van der Waals surface area contributed by atoms with Gasteiger partial charge in [0.25, 0.3) is 0 Å². The number of fused-ring (bicyclic) bond motifs is 1. The van der Waals surface area contributed by atoms with Gasteiger partial charge >= 0.3 is 0 Å². The predicted molar refractivity (Wildman–Crippen MR) is 139 cm³/mol. The Morgan fingerprint density at radius 2 is 1.97 bits per heavy atom. The number of nitrogens with two attached hydrogens (primary N) is 1. The largest absolute Gasteiger partial charge is 0.397 e. The van der Waals surface area contributed by atoms with Crippen LogP contribution in [0.4, 0.5) is 11.4 Å². The van der Waals surface area contributed by atoms with E-state index in [0.29, 0.717) is 24.0 Å². The van der Waals surface area contributed by atoms with Gasteiger partial charge in [-0.1, -0.05) is 0 Å². The molecule has 1 saturated heterocycles. The van der Waals surface area contributed by atoms with Crippen molar-refractivity contribution in [2.75, 3.05) is 63.5 Å². The van der Waals surface area contributed by atoms with Crippen molar-refractivity contribution in [3.63, 3.8) is 0 Å². The predicted octanol–water partition coefficient (Wildman–Crippen LogP) is 1.55. The van der Waals surface area contributed by atoms with Crippen molar-refractivity contribution in [1.82, 2.24) is 34.6 Å². The molecule has 10 nitrogen and oxygen atoms in total. The van der Waals surface area contributed by atoms with Crippen LogP contribution in [-0.4, -0.2) is 86.9 Å². The van der Waals surface area contributed by atoms with Gasteiger partial charge in [-0.25, -0.2) is 9.97 Å². The number of nitrogens with one attached hydrogen (secondary N) is 2. The molecule has 11 heteroatoms. The van der Waals surface area contributed by atoms with Gasteiger partial charge in [-0.15, -0.1) is 0 Å². The second-order valence-corrected chi connectivity index (χ2v) is 8.59. The molecule has 1 fully saturated rings. The smallest absolute Gasteiger partial charge is 0.170 e. The molecule has 0 spiro atoms. The summed E-state index contributed by atoms with van der Waals surface area (Å²) in [5, 5.41) is 6.91. The van der Waals surface area contributed by atoms with Gasteiger partial charge in [0.1, 0.15) is 11.3 Å². The van der Waals surface area contributed by atoms with Gasteiger partial charge in [0.05, 0.1) is 30.7 Å². The number of anilines is 2. The van der Waals surface area contributed by atoms with E-state index < -0.39 is 0 Å². The molecule has 0 aromatic carbocycles. The lowest BCUT2D eigenvalue weighted by atomic mass is 10.3. The first kappa shape index (κ1) is 24.3. The highest BCUT2D eigenvalue weighted by atomic mass is 32.1. The Balaban J connectivity index is 1.23. The summed E-state index contributed by atoms with van der Waals surface area (Å²) in [5.41, 5.74) is 9.14. The summed E-state index contributed by atoms with van der Waals surface area (Å²) in [7, 11) is 0. The normalized spacial score (nSPS) is 15.0. The molecule has 0 unspecified atom stereocenters. The number of nitrogen functional groups attached to an aromatic ring is 1. The zero-order valence-electron chi connectivity index (χ0n) is 19.6. The third-order valence-electron chi connectivity index (χ3n) is 5.89. The van der Waals surface area contributed by atoms with E-state index in [0.717, 1.165) is 75.0 Å². The molecule has 4 heterocycles. The van der Waals surface area contributed by atoms with E-state index in [4.69, 9.17) is 27.7 Å². The highest BCUT2D eigenvalue weighted by molar-refractivity contribution is 7.80. The maximum atomic E-state index is 5.93. The number of piperazine rings is 1. The van der Waals surface area contributed by atoms with Gasteiger partial charge in [-0.2, -0.15) is 0 Å². The molecule has 182 valence electrons. The number of hydrogen-bond acceptors (Lipinski definition) is 8. The molecule has 0 atom stereocenters. The van der Waals surface area contributed by atoms with Crippen molar-refractivity contribution in [3.05, 3.63) is 42.6 Å². The van der Waals surface area contributed by atoms with E-state index in [1.165, 1.54) is 0 Å². The first-order valence-electron chi connectivity index (χ1n) is 11.7. The average Bonchev–Trinajstić information content (AvgIpc) is 3.19. The Morgan fingerprint density at radius 3 is 2.76 bits per heavy atom. The molecule has 1 aliphatic rings. The Morgan fingerprint density at radius 1 is 1.15 bits per heavy atom. The van der Waals surface area contributed by atoms with Gasteiger partial charge in [-0.3, -0.25) is 14.8 Å². The molecular formula is C23H33N9OS. The van der Waals surface area contributed by atoms with Crippen LogP contribution in [0.2, 0.25) is 0 Å². The molecule has 0 saturated carbocycles. The third-order valence-corrected chi connectivity index (χ3v) is 6.14. The maximum absolute atomic E-state index is 5.93. The fourth-order valence-corrected chi connectivity index (χ4v) is 4.25. The lowest BCUT2D eigenvalue weighted by molar-refractivity contribution is 0.121. The number of ether oxygens (including phenoxy) is 1. The molecule has 3 aromatic heterocycles. The van der Waals surface area contributed by atoms with Crippen LogP contribution in [0.1, 0.15) is 12.7 Å². The number of nitrogens with zero attached hydrogens (tertiary/aromatic N) is 6. The van der Waals surface area contributed by atoms with Crippen molar-refractivity contribution in [2.24, 2.45) is 0 Å². The average molecular weight is 484 g/mol. The van der Waals surface area contributed by atoms with Gasteiger partial charge in [-0.05, 0) is 37.3 Å². The molecular weight excluding hydrogens is 450 g/mol. The summed E-state index contributed by atoms with van der Waals surface area (Å²) < 4.78 is 7.78. The zero-order valence-corrected chi connectivity index (χ0v) is 20.4. The summed E-state index contributed by atoms with van der Waals surface area (Å²) in [6.45, 7) is 10.7. The lowest BCUT2D eigenvalue weighted by Crippen LogP contribution is -2.48. The number of pyridine rings is 2. The van der Waals surface area contributed by atoms with Crippen LogP contribution in [0.25, 0.3) is 11.2 Å². The Bertz CT molecular complexity index is 1080. The zero-order chi connectivity index (χ0) is 23.8. The summed E-state index contributed by atoms with van der Waals surface area (Å²) in [5.74, 6) is 1.05.